The zero-order chi connectivity index (χ0) is 8.97. The van der Waals surface area contributed by atoms with Gasteiger partial charge in [0.2, 0.25) is 5.71 Å². The second-order valence-electron chi connectivity index (χ2n) is 2.70. The van der Waals surface area contributed by atoms with Crippen LogP contribution < -0.4 is 5.73 Å². The summed E-state index contributed by atoms with van der Waals surface area (Å²) in [5.74, 6) is 0.231. The van der Waals surface area contributed by atoms with E-state index in [1.807, 2.05) is 0 Å². The van der Waals surface area contributed by atoms with Crippen LogP contribution in [0.4, 0.5) is 0 Å². The van der Waals surface area contributed by atoms with E-state index in [0.29, 0.717) is 12.5 Å². The van der Waals surface area contributed by atoms with Gasteiger partial charge >= 0.3 is 0 Å². The Labute approximate surface area is 70.3 Å². The minimum atomic E-state index is -0.353. The van der Waals surface area contributed by atoms with E-state index in [0.717, 1.165) is 12.8 Å². The largest absolute Gasteiger partial charge is 0.394 e. The van der Waals surface area contributed by atoms with Crippen LogP contribution in [0.1, 0.15) is 12.8 Å². The predicted octanol–water partition coefficient (Wildman–Crippen LogP) is 0.229. The van der Waals surface area contributed by atoms with E-state index in [9.17, 15) is 0 Å². The van der Waals surface area contributed by atoms with Gasteiger partial charge in [0.15, 0.2) is 5.84 Å². The van der Waals surface area contributed by atoms with Crippen LogP contribution >= 0.6 is 0 Å². The Kier molecular flexibility index (Phi) is 2.64. The summed E-state index contributed by atoms with van der Waals surface area (Å²) in [4.78, 5) is 4.82. The molecule has 0 atom stereocenters. The maximum atomic E-state index is 8.40. The van der Waals surface area contributed by atoms with Crippen molar-refractivity contribution in [3.8, 4) is 6.07 Å². The maximum Gasteiger partial charge on any atom is 0.220 e. The fraction of sp³-hybridized carbons (Fsp3) is 0.571. The molecule has 0 bridgehead atoms. The van der Waals surface area contributed by atoms with Gasteiger partial charge in [0.1, 0.15) is 12.7 Å². The van der Waals surface area contributed by atoms with Crippen LogP contribution in [0.2, 0.25) is 0 Å². The van der Waals surface area contributed by atoms with Gasteiger partial charge in [-0.15, -0.1) is 0 Å². The molecule has 0 aromatic carbocycles. The van der Waals surface area contributed by atoms with Crippen molar-refractivity contribution in [3.63, 3.8) is 0 Å². The van der Waals surface area contributed by atoms with E-state index in [1.54, 1.807) is 6.07 Å². The minimum absolute atomic E-state index is 0.157. The molecule has 0 spiro atoms. The van der Waals surface area contributed by atoms with Gasteiger partial charge < -0.3 is 10.6 Å². The number of nitriles is 1. The summed E-state index contributed by atoms with van der Waals surface area (Å²) < 4.78 is 0. The predicted molar refractivity (Wildman–Crippen MR) is 43.6 cm³/mol. The van der Waals surface area contributed by atoms with Crippen LogP contribution in [0.3, 0.4) is 0 Å². The third-order valence-corrected chi connectivity index (χ3v) is 1.52. The Bertz CT molecular complexity index is 249. The highest BCUT2D eigenvalue weighted by Gasteiger charge is 2.22. The molecule has 0 unspecified atom stereocenters. The molecule has 12 heavy (non-hydrogen) atoms. The van der Waals surface area contributed by atoms with Crippen LogP contribution in [0.25, 0.3) is 0 Å². The molecule has 0 radical (unpaired) electrons. The second kappa shape index (κ2) is 3.72. The average molecular weight is 166 g/mol. The lowest BCUT2D eigenvalue weighted by molar-refractivity contribution is 0.135. The third kappa shape index (κ3) is 2.58. The monoisotopic (exact) mass is 166 g/mol. The maximum absolute atomic E-state index is 8.40. The highest BCUT2D eigenvalue weighted by molar-refractivity contribution is 6.45. The van der Waals surface area contributed by atoms with Gasteiger partial charge in [0.25, 0.3) is 0 Å². The van der Waals surface area contributed by atoms with Crippen LogP contribution in [-0.4, -0.2) is 18.2 Å². The number of oxime groups is 1. The molecule has 5 nitrogen and oxygen atoms in total. The number of hydrogen-bond acceptors (Lipinski definition) is 4. The minimum Gasteiger partial charge on any atom is -0.394 e. The van der Waals surface area contributed by atoms with Crippen molar-refractivity contribution >= 4 is 11.5 Å². The van der Waals surface area contributed by atoms with Gasteiger partial charge in [-0.05, 0) is 18.8 Å². The Morgan fingerprint density at radius 2 is 2.42 bits per heavy atom. The molecule has 0 amide bonds. The molecule has 0 saturated heterocycles. The van der Waals surface area contributed by atoms with Gasteiger partial charge in [-0.3, -0.25) is 5.41 Å². The molecule has 1 aliphatic rings. The fourth-order valence-electron chi connectivity index (χ4n) is 0.622. The normalized spacial score (nSPS) is 16.8. The molecule has 64 valence electrons. The molecular formula is C7H10N4O. The van der Waals surface area contributed by atoms with Gasteiger partial charge in [-0.2, -0.15) is 5.26 Å². The van der Waals surface area contributed by atoms with Crippen molar-refractivity contribution in [2.45, 2.75) is 12.8 Å². The summed E-state index contributed by atoms with van der Waals surface area (Å²) in [7, 11) is 0. The molecule has 0 aliphatic heterocycles. The van der Waals surface area contributed by atoms with E-state index in [1.165, 1.54) is 0 Å². The summed E-state index contributed by atoms with van der Waals surface area (Å²) in [6.07, 6.45) is 2.33. The second-order valence-corrected chi connectivity index (χ2v) is 2.70. The first-order valence-corrected chi connectivity index (χ1v) is 3.68. The summed E-state index contributed by atoms with van der Waals surface area (Å²) >= 11 is 0. The zero-order valence-electron chi connectivity index (χ0n) is 6.58. The summed E-state index contributed by atoms with van der Waals surface area (Å²) in [5, 5.41) is 18.7. The summed E-state index contributed by atoms with van der Waals surface area (Å²) in [6.45, 7) is 0.526. The molecule has 0 aromatic heterocycles. The van der Waals surface area contributed by atoms with Crippen molar-refractivity contribution in [2.75, 3.05) is 6.61 Å². The first-order chi connectivity index (χ1) is 5.74. The van der Waals surface area contributed by atoms with Crippen LogP contribution in [0, 0.1) is 22.7 Å². The van der Waals surface area contributed by atoms with E-state index in [4.69, 9.17) is 21.2 Å². The van der Waals surface area contributed by atoms with Crippen LogP contribution in [0.5, 0.6) is 0 Å². The van der Waals surface area contributed by atoms with Gasteiger partial charge in [0, 0.05) is 0 Å². The lowest BCUT2D eigenvalue weighted by Gasteiger charge is -1.96. The Morgan fingerprint density at radius 1 is 1.75 bits per heavy atom. The number of nitrogens with two attached hydrogens (primary N) is 1. The smallest absolute Gasteiger partial charge is 0.220 e. The summed E-state index contributed by atoms with van der Waals surface area (Å²) in [6, 6.07) is 1.67. The fourth-order valence-corrected chi connectivity index (χ4v) is 0.622. The van der Waals surface area contributed by atoms with Crippen molar-refractivity contribution in [1.82, 2.24) is 0 Å². The molecule has 5 heteroatoms. The quantitative estimate of drug-likeness (QED) is 0.355. The Morgan fingerprint density at radius 3 is 2.83 bits per heavy atom. The van der Waals surface area contributed by atoms with E-state index >= 15 is 0 Å². The Hall–Kier alpha value is -1.57. The molecule has 1 aliphatic carbocycles. The molecule has 3 N–H and O–H groups in total. The molecular weight excluding hydrogens is 156 g/mol. The highest BCUT2D eigenvalue weighted by atomic mass is 16.6. The third-order valence-electron chi connectivity index (χ3n) is 1.52. The highest BCUT2D eigenvalue weighted by Crippen LogP contribution is 2.28. The van der Waals surface area contributed by atoms with Gasteiger partial charge in [-0.1, -0.05) is 5.16 Å². The average Bonchev–Trinajstić information content (AvgIpc) is 2.80. The first kappa shape index (κ1) is 8.53. The van der Waals surface area contributed by atoms with E-state index in [-0.39, 0.29) is 11.5 Å². The van der Waals surface area contributed by atoms with Crippen molar-refractivity contribution in [2.24, 2.45) is 16.8 Å². The van der Waals surface area contributed by atoms with Crippen molar-refractivity contribution in [1.29, 1.82) is 10.7 Å². The number of amidine groups is 1. The molecule has 0 heterocycles. The van der Waals surface area contributed by atoms with Gasteiger partial charge in [0.05, 0.1) is 0 Å². The lowest BCUT2D eigenvalue weighted by Crippen LogP contribution is -2.21. The Balaban J connectivity index is 2.31. The number of nitrogens with zero attached hydrogens (tertiary/aromatic N) is 2. The zero-order valence-corrected chi connectivity index (χ0v) is 6.58. The van der Waals surface area contributed by atoms with Crippen LogP contribution in [0.15, 0.2) is 5.16 Å². The standard InChI is InChI=1S/C7H10N4O/c8-3-6(7(9)10)11-12-4-5-1-2-5/h5H,1-2,4H2,(H3,9,10)/b11-6+. The van der Waals surface area contributed by atoms with Crippen LogP contribution in [-0.2, 0) is 4.84 Å². The molecule has 0 aromatic rings. The molecule has 1 rings (SSSR count). The first-order valence-electron chi connectivity index (χ1n) is 3.68. The van der Waals surface area contributed by atoms with E-state index < -0.39 is 0 Å². The topological polar surface area (TPSA) is 95.2 Å². The molecule has 1 fully saturated rings. The number of rotatable bonds is 4. The number of nitrogens with one attached hydrogen (secondary N) is 1. The number of hydrogen-bond donors (Lipinski definition) is 2. The van der Waals surface area contributed by atoms with Gasteiger partial charge in [-0.25, -0.2) is 0 Å². The molecule has 1 saturated carbocycles. The van der Waals surface area contributed by atoms with Crippen molar-refractivity contribution in [3.05, 3.63) is 0 Å². The van der Waals surface area contributed by atoms with E-state index in [2.05, 4.69) is 5.16 Å². The van der Waals surface area contributed by atoms with Crippen molar-refractivity contribution < 1.29 is 4.84 Å². The summed E-state index contributed by atoms with van der Waals surface area (Å²) in [5.41, 5.74) is 4.87. The SMILES string of the molecule is N#C/C(=N\OCC1CC1)C(=N)N. The lowest BCUT2D eigenvalue weighted by atomic mass is 10.4.